The number of hydrogen-bond donors (Lipinski definition) is 1. The SMILES string of the molecule is CCN(Cc1cccc(CN2CCCC2)c1)c1nc(OCC2CC2)nc(N)c1N=O. The highest BCUT2D eigenvalue weighted by Crippen LogP contribution is 2.35. The monoisotopic (exact) mass is 410 g/mol. The van der Waals surface area contributed by atoms with E-state index in [4.69, 9.17) is 10.5 Å². The average Bonchev–Trinajstić information content (AvgIpc) is 3.45. The van der Waals surface area contributed by atoms with Gasteiger partial charge in [-0.25, -0.2) is 0 Å². The standard InChI is InChI=1S/C22H30N6O2/c1-2-28(14-18-7-5-6-17(12-18)13-27-10-3-4-11-27)21-19(26-29)20(23)24-22(25-21)30-15-16-8-9-16/h5-7,12,16H,2-4,8-11,13-15H2,1H3,(H2,23,24,25). The molecule has 1 saturated carbocycles. The van der Waals surface area contributed by atoms with Crippen molar-refractivity contribution in [1.82, 2.24) is 14.9 Å². The third-order valence-corrected chi connectivity index (χ3v) is 5.76. The molecule has 0 amide bonds. The predicted octanol–water partition coefficient (Wildman–Crippen LogP) is 3.87. The van der Waals surface area contributed by atoms with Gasteiger partial charge in [-0.15, -0.1) is 4.91 Å². The molecule has 1 aliphatic heterocycles. The molecule has 0 unspecified atom stereocenters. The highest BCUT2D eigenvalue weighted by atomic mass is 16.5. The van der Waals surface area contributed by atoms with Crippen molar-refractivity contribution in [3.63, 3.8) is 0 Å². The van der Waals surface area contributed by atoms with Gasteiger partial charge in [0.15, 0.2) is 17.3 Å². The van der Waals surface area contributed by atoms with Gasteiger partial charge in [-0.05, 0) is 67.9 Å². The van der Waals surface area contributed by atoms with Crippen molar-refractivity contribution in [2.75, 3.05) is 36.9 Å². The van der Waals surface area contributed by atoms with Gasteiger partial charge in [-0.3, -0.25) is 4.90 Å². The third-order valence-electron chi connectivity index (χ3n) is 5.76. The molecular weight excluding hydrogens is 380 g/mol. The fourth-order valence-corrected chi connectivity index (χ4v) is 3.87. The van der Waals surface area contributed by atoms with E-state index in [1.165, 1.54) is 44.3 Å². The molecule has 0 bridgehead atoms. The topological polar surface area (TPSA) is 96.9 Å². The summed E-state index contributed by atoms with van der Waals surface area (Å²) in [6.45, 7) is 7.17. The van der Waals surface area contributed by atoms with Crippen molar-refractivity contribution >= 4 is 17.3 Å². The van der Waals surface area contributed by atoms with Crippen LogP contribution in [-0.4, -0.2) is 41.1 Å². The number of nitrogen functional groups attached to an aromatic ring is 1. The molecule has 8 heteroatoms. The Kier molecular flexibility index (Phi) is 6.42. The van der Waals surface area contributed by atoms with Crippen LogP contribution < -0.4 is 15.4 Å². The smallest absolute Gasteiger partial charge is 0.320 e. The van der Waals surface area contributed by atoms with Gasteiger partial charge in [-0.2, -0.15) is 9.97 Å². The second kappa shape index (κ2) is 9.38. The Labute approximate surface area is 177 Å². The quantitative estimate of drug-likeness (QED) is 0.594. The van der Waals surface area contributed by atoms with Crippen LogP contribution in [0.25, 0.3) is 0 Å². The summed E-state index contributed by atoms with van der Waals surface area (Å²) < 4.78 is 5.71. The maximum absolute atomic E-state index is 11.5. The fraction of sp³-hybridized carbons (Fsp3) is 0.545. The van der Waals surface area contributed by atoms with Crippen LogP contribution in [-0.2, 0) is 13.1 Å². The van der Waals surface area contributed by atoms with Crippen LogP contribution in [0.5, 0.6) is 6.01 Å². The maximum atomic E-state index is 11.5. The van der Waals surface area contributed by atoms with Crippen LogP contribution >= 0.6 is 0 Å². The largest absolute Gasteiger partial charge is 0.463 e. The van der Waals surface area contributed by atoms with Gasteiger partial charge in [0.1, 0.15) is 0 Å². The van der Waals surface area contributed by atoms with Crippen molar-refractivity contribution in [2.45, 2.75) is 45.7 Å². The van der Waals surface area contributed by atoms with Gasteiger partial charge < -0.3 is 15.4 Å². The molecule has 0 atom stereocenters. The summed E-state index contributed by atoms with van der Waals surface area (Å²) in [6.07, 6.45) is 4.91. The number of benzene rings is 1. The van der Waals surface area contributed by atoms with E-state index in [0.717, 1.165) is 12.1 Å². The molecular formula is C22H30N6O2. The Morgan fingerprint density at radius 1 is 1.23 bits per heavy atom. The zero-order chi connectivity index (χ0) is 20.9. The van der Waals surface area contributed by atoms with Crippen molar-refractivity contribution in [2.24, 2.45) is 11.1 Å². The van der Waals surface area contributed by atoms with Gasteiger partial charge in [0.25, 0.3) is 0 Å². The minimum Gasteiger partial charge on any atom is -0.463 e. The molecule has 1 saturated heterocycles. The summed E-state index contributed by atoms with van der Waals surface area (Å²) in [7, 11) is 0. The lowest BCUT2D eigenvalue weighted by Crippen LogP contribution is -2.24. The summed E-state index contributed by atoms with van der Waals surface area (Å²) >= 11 is 0. The van der Waals surface area contributed by atoms with Gasteiger partial charge in [0, 0.05) is 19.6 Å². The first-order chi connectivity index (χ1) is 14.7. The van der Waals surface area contributed by atoms with Gasteiger partial charge in [-0.1, -0.05) is 24.3 Å². The number of aromatic nitrogens is 2. The zero-order valence-corrected chi connectivity index (χ0v) is 17.6. The number of nitroso groups, excluding NO2 is 1. The van der Waals surface area contributed by atoms with Crippen molar-refractivity contribution in [1.29, 1.82) is 0 Å². The van der Waals surface area contributed by atoms with E-state index in [-0.39, 0.29) is 17.5 Å². The molecule has 2 fully saturated rings. The minimum absolute atomic E-state index is 0.0574. The van der Waals surface area contributed by atoms with Crippen LogP contribution in [0.1, 0.15) is 43.7 Å². The highest BCUT2D eigenvalue weighted by Gasteiger charge is 2.24. The number of hydrogen-bond acceptors (Lipinski definition) is 8. The summed E-state index contributed by atoms with van der Waals surface area (Å²) in [6, 6.07) is 8.79. The molecule has 0 radical (unpaired) electrons. The second-order valence-corrected chi connectivity index (χ2v) is 8.23. The Morgan fingerprint density at radius 3 is 2.70 bits per heavy atom. The van der Waals surface area contributed by atoms with Crippen LogP contribution in [0, 0.1) is 10.8 Å². The summed E-state index contributed by atoms with van der Waals surface area (Å²) in [5, 5.41) is 3.11. The lowest BCUT2D eigenvalue weighted by atomic mass is 10.1. The maximum Gasteiger partial charge on any atom is 0.320 e. The molecule has 2 aromatic rings. The molecule has 1 aliphatic carbocycles. The lowest BCUT2D eigenvalue weighted by molar-refractivity contribution is 0.277. The Bertz CT molecular complexity index is 880. The van der Waals surface area contributed by atoms with Crippen molar-refractivity contribution in [3.8, 4) is 6.01 Å². The van der Waals surface area contributed by atoms with Crippen LogP contribution in [0.15, 0.2) is 29.4 Å². The molecule has 160 valence electrons. The summed E-state index contributed by atoms with van der Waals surface area (Å²) in [5.41, 5.74) is 8.53. The molecule has 1 aromatic carbocycles. The molecule has 2 aliphatic rings. The van der Waals surface area contributed by atoms with Gasteiger partial charge in [0.2, 0.25) is 0 Å². The van der Waals surface area contributed by atoms with Crippen LogP contribution in [0.3, 0.4) is 0 Å². The number of likely N-dealkylation sites (tertiary alicyclic amines) is 1. The van der Waals surface area contributed by atoms with E-state index in [0.29, 0.717) is 31.4 Å². The third kappa shape index (κ3) is 5.05. The molecule has 4 rings (SSSR count). The van der Waals surface area contributed by atoms with E-state index in [1.807, 2.05) is 11.8 Å². The van der Waals surface area contributed by atoms with Crippen LogP contribution in [0.4, 0.5) is 17.3 Å². The Morgan fingerprint density at radius 2 is 2.00 bits per heavy atom. The number of rotatable bonds is 10. The van der Waals surface area contributed by atoms with E-state index in [2.05, 4.69) is 44.3 Å². The predicted molar refractivity (Wildman–Crippen MR) is 118 cm³/mol. The van der Waals surface area contributed by atoms with E-state index >= 15 is 0 Å². The zero-order valence-electron chi connectivity index (χ0n) is 17.6. The molecule has 2 heterocycles. The molecule has 0 spiro atoms. The molecule has 30 heavy (non-hydrogen) atoms. The normalized spacial score (nSPS) is 16.6. The summed E-state index contributed by atoms with van der Waals surface area (Å²) in [5.74, 6) is 1.06. The summed E-state index contributed by atoms with van der Waals surface area (Å²) in [4.78, 5) is 24.6. The molecule has 8 nitrogen and oxygen atoms in total. The number of ether oxygens (including phenoxy) is 1. The first-order valence-corrected chi connectivity index (χ1v) is 10.8. The van der Waals surface area contributed by atoms with E-state index in [1.54, 1.807) is 0 Å². The van der Waals surface area contributed by atoms with E-state index < -0.39 is 0 Å². The minimum atomic E-state index is 0.0574. The molecule has 2 N–H and O–H groups in total. The number of nitrogens with zero attached hydrogens (tertiary/aromatic N) is 5. The van der Waals surface area contributed by atoms with E-state index in [9.17, 15) is 4.91 Å². The Hall–Kier alpha value is -2.74. The van der Waals surface area contributed by atoms with Crippen molar-refractivity contribution < 1.29 is 4.74 Å². The number of anilines is 2. The van der Waals surface area contributed by atoms with Crippen molar-refractivity contribution in [3.05, 3.63) is 40.3 Å². The fourth-order valence-electron chi connectivity index (χ4n) is 3.87. The van der Waals surface area contributed by atoms with Gasteiger partial charge in [0.05, 0.1) is 6.61 Å². The second-order valence-electron chi connectivity index (χ2n) is 8.23. The lowest BCUT2D eigenvalue weighted by Gasteiger charge is -2.24. The average molecular weight is 411 g/mol. The molecule has 1 aromatic heterocycles. The first-order valence-electron chi connectivity index (χ1n) is 10.8. The highest BCUT2D eigenvalue weighted by molar-refractivity contribution is 5.73. The first kappa shape index (κ1) is 20.5. The Balaban J connectivity index is 1.53. The van der Waals surface area contributed by atoms with Gasteiger partial charge >= 0.3 is 6.01 Å². The van der Waals surface area contributed by atoms with Crippen LogP contribution in [0.2, 0.25) is 0 Å². The number of nitrogens with two attached hydrogens (primary N) is 1.